The van der Waals surface area contributed by atoms with E-state index < -0.39 is 0 Å². The summed E-state index contributed by atoms with van der Waals surface area (Å²) in [5, 5.41) is 0.626. The fourth-order valence-electron chi connectivity index (χ4n) is 3.29. The second-order valence-corrected chi connectivity index (χ2v) is 7.00. The van der Waals surface area contributed by atoms with Gasteiger partial charge in [0.1, 0.15) is 11.5 Å². The van der Waals surface area contributed by atoms with Gasteiger partial charge in [-0.3, -0.25) is 9.69 Å². The van der Waals surface area contributed by atoms with E-state index in [0.29, 0.717) is 28.1 Å². The summed E-state index contributed by atoms with van der Waals surface area (Å²) < 4.78 is 10.8. The van der Waals surface area contributed by atoms with Crippen molar-refractivity contribution in [1.29, 1.82) is 0 Å². The van der Waals surface area contributed by atoms with Crippen LogP contribution in [0.3, 0.4) is 0 Å². The van der Waals surface area contributed by atoms with Crippen molar-refractivity contribution in [3.8, 4) is 11.5 Å². The quantitative estimate of drug-likeness (QED) is 0.585. The lowest BCUT2D eigenvalue weighted by Crippen LogP contribution is -2.32. The molecule has 0 N–H and O–H groups in total. The molecule has 0 bridgehead atoms. The molecule has 142 valence electrons. The largest absolute Gasteiger partial charge is 0.454 e. The van der Waals surface area contributed by atoms with Crippen molar-refractivity contribution in [2.24, 2.45) is 4.99 Å². The number of amidine groups is 1. The van der Waals surface area contributed by atoms with Gasteiger partial charge in [0.2, 0.25) is 6.79 Å². The first-order valence-electron chi connectivity index (χ1n) is 9.04. The predicted molar refractivity (Wildman–Crippen MR) is 112 cm³/mol. The Morgan fingerprint density at radius 1 is 0.931 bits per heavy atom. The highest BCUT2D eigenvalue weighted by molar-refractivity contribution is 6.34. The van der Waals surface area contributed by atoms with E-state index in [1.807, 2.05) is 60.7 Å². The number of fused-ring (bicyclic) bond motifs is 1. The summed E-state index contributed by atoms with van der Waals surface area (Å²) in [4.78, 5) is 19.5. The number of hydrogen-bond donors (Lipinski definition) is 0. The van der Waals surface area contributed by atoms with Crippen LogP contribution >= 0.6 is 11.6 Å². The average Bonchev–Trinajstić information content (AvgIpc) is 3.34. The second-order valence-electron chi connectivity index (χ2n) is 6.56. The van der Waals surface area contributed by atoms with Crippen molar-refractivity contribution in [3.63, 3.8) is 0 Å². The van der Waals surface area contributed by atoms with E-state index in [9.17, 15) is 4.79 Å². The maximum Gasteiger partial charge on any atom is 0.282 e. The Morgan fingerprint density at radius 3 is 2.48 bits per heavy atom. The SMILES string of the molecule is O=C1/C(=C\c2ccc3c(c2)OCO3)N=C(c2ccc(Cl)cc2)N1c1ccccc1. The molecule has 0 radical (unpaired) electrons. The number of halogens is 1. The van der Waals surface area contributed by atoms with E-state index in [4.69, 9.17) is 21.1 Å². The van der Waals surface area contributed by atoms with Crippen LogP contribution in [0.5, 0.6) is 11.5 Å². The molecular weight excluding hydrogens is 388 g/mol. The Hall–Kier alpha value is -3.57. The first kappa shape index (κ1) is 17.5. The van der Waals surface area contributed by atoms with Gasteiger partial charge in [-0.2, -0.15) is 0 Å². The number of hydrogen-bond acceptors (Lipinski definition) is 4. The fraction of sp³-hybridized carbons (Fsp3) is 0.0435. The minimum absolute atomic E-state index is 0.196. The lowest BCUT2D eigenvalue weighted by atomic mass is 10.1. The third kappa shape index (κ3) is 3.26. The first-order valence-corrected chi connectivity index (χ1v) is 9.42. The molecular formula is C23H15ClN2O3. The Kier molecular flexibility index (Phi) is 4.30. The number of benzene rings is 3. The molecule has 2 aliphatic rings. The monoisotopic (exact) mass is 402 g/mol. The first-order chi connectivity index (χ1) is 14.2. The summed E-state index contributed by atoms with van der Waals surface area (Å²) in [5.74, 6) is 1.72. The van der Waals surface area contributed by atoms with Crippen LogP contribution in [0.15, 0.2) is 83.5 Å². The Bertz CT molecular complexity index is 1150. The van der Waals surface area contributed by atoms with Gasteiger partial charge in [-0.05, 0) is 60.2 Å². The van der Waals surface area contributed by atoms with Gasteiger partial charge >= 0.3 is 0 Å². The number of anilines is 1. The third-order valence-electron chi connectivity index (χ3n) is 4.68. The number of aliphatic imine (C=N–C) groups is 1. The molecule has 3 aromatic carbocycles. The van der Waals surface area contributed by atoms with Crippen molar-refractivity contribution >= 4 is 35.1 Å². The second kappa shape index (κ2) is 7.11. The molecule has 0 atom stereocenters. The van der Waals surface area contributed by atoms with Gasteiger partial charge in [0.05, 0.1) is 5.69 Å². The van der Waals surface area contributed by atoms with Gasteiger partial charge in [0, 0.05) is 10.6 Å². The third-order valence-corrected chi connectivity index (χ3v) is 4.93. The van der Waals surface area contributed by atoms with Crippen LogP contribution in [0, 0.1) is 0 Å². The van der Waals surface area contributed by atoms with Gasteiger partial charge in [-0.25, -0.2) is 4.99 Å². The van der Waals surface area contributed by atoms with Gasteiger partial charge in [0.15, 0.2) is 11.5 Å². The van der Waals surface area contributed by atoms with E-state index in [1.54, 1.807) is 23.1 Å². The van der Waals surface area contributed by atoms with E-state index in [0.717, 1.165) is 16.8 Å². The van der Waals surface area contributed by atoms with E-state index in [-0.39, 0.29) is 12.7 Å². The maximum atomic E-state index is 13.3. The highest BCUT2D eigenvalue weighted by Crippen LogP contribution is 2.34. The molecule has 6 heteroatoms. The van der Waals surface area contributed by atoms with Crippen LogP contribution in [-0.2, 0) is 4.79 Å². The summed E-state index contributed by atoms with van der Waals surface area (Å²) in [6.07, 6.45) is 1.75. The Labute approximate surface area is 172 Å². The van der Waals surface area contributed by atoms with Gasteiger partial charge in [-0.15, -0.1) is 0 Å². The van der Waals surface area contributed by atoms with Crippen molar-refractivity contribution in [1.82, 2.24) is 0 Å². The van der Waals surface area contributed by atoms with Crippen LogP contribution < -0.4 is 14.4 Å². The zero-order valence-electron chi connectivity index (χ0n) is 15.2. The summed E-state index contributed by atoms with van der Waals surface area (Å²) in [6, 6.07) is 22.3. The van der Waals surface area contributed by atoms with Crippen molar-refractivity contribution in [2.75, 3.05) is 11.7 Å². The van der Waals surface area contributed by atoms with Crippen molar-refractivity contribution < 1.29 is 14.3 Å². The van der Waals surface area contributed by atoms with Gasteiger partial charge in [0.25, 0.3) is 5.91 Å². The smallest absolute Gasteiger partial charge is 0.282 e. The van der Waals surface area contributed by atoms with Crippen molar-refractivity contribution in [3.05, 3.63) is 94.6 Å². The number of para-hydroxylation sites is 1. The summed E-state index contributed by atoms with van der Waals surface area (Å²) in [6.45, 7) is 0.203. The molecule has 2 heterocycles. The molecule has 1 amide bonds. The van der Waals surface area contributed by atoms with E-state index >= 15 is 0 Å². The molecule has 5 nitrogen and oxygen atoms in total. The standard InChI is InChI=1S/C23H15ClN2O3/c24-17-9-7-16(8-10-17)22-25-19(23(27)26(22)18-4-2-1-3-5-18)12-15-6-11-20-21(13-15)29-14-28-20/h1-13H,14H2/b19-12+. The maximum absolute atomic E-state index is 13.3. The summed E-state index contributed by atoms with van der Waals surface area (Å²) >= 11 is 6.03. The number of rotatable bonds is 3. The lowest BCUT2D eigenvalue weighted by molar-refractivity contribution is -0.113. The minimum Gasteiger partial charge on any atom is -0.454 e. The molecule has 2 aliphatic heterocycles. The molecule has 0 saturated carbocycles. The minimum atomic E-state index is -0.196. The fourth-order valence-corrected chi connectivity index (χ4v) is 3.41. The zero-order chi connectivity index (χ0) is 19.8. The Balaban J connectivity index is 1.59. The molecule has 0 aliphatic carbocycles. The highest BCUT2D eigenvalue weighted by Gasteiger charge is 2.32. The number of nitrogens with zero attached hydrogens (tertiary/aromatic N) is 2. The molecule has 0 spiro atoms. The zero-order valence-corrected chi connectivity index (χ0v) is 16.0. The number of amides is 1. The van der Waals surface area contributed by atoms with Gasteiger partial charge < -0.3 is 9.47 Å². The van der Waals surface area contributed by atoms with E-state index in [1.165, 1.54) is 0 Å². The van der Waals surface area contributed by atoms with E-state index in [2.05, 4.69) is 4.99 Å². The van der Waals surface area contributed by atoms with Crippen LogP contribution in [0.1, 0.15) is 11.1 Å². The molecule has 3 aromatic rings. The Morgan fingerprint density at radius 2 is 1.69 bits per heavy atom. The molecule has 0 fully saturated rings. The highest BCUT2D eigenvalue weighted by atomic mass is 35.5. The van der Waals surface area contributed by atoms with Crippen LogP contribution in [0.25, 0.3) is 6.08 Å². The van der Waals surface area contributed by atoms with Crippen molar-refractivity contribution in [2.45, 2.75) is 0 Å². The van der Waals surface area contributed by atoms with Gasteiger partial charge in [-0.1, -0.05) is 35.9 Å². The lowest BCUT2D eigenvalue weighted by Gasteiger charge is -2.18. The topological polar surface area (TPSA) is 51.1 Å². The number of carbonyl (C=O) groups is 1. The summed E-state index contributed by atoms with van der Waals surface area (Å²) in [7, 11) is 0. The molecule has 29 heavy (non-hydrogen) atoms. The molecule has 5 rings (SSSR count). The predicted octanol–water partition coefficient (Wildman–Crippen LogP) is 4.90. The molecule has 0 unspecified atom stereocenters. The summed E-state index contributed by atoms with van der Waals surface area (Å²) in [5.41, 5.74) is 2.71. The molecule has 0 aromatic heterocycles. The normalized spacial score (nSPS) is 16.4. The number of ether oxygens (including phenoxy) is 2. The average molecular weight is 403 g/mol. The number of carbonyl (C=O) groups excluding carboxylic acids is 1. The van der Waals surface area contributed by atoms with Crippen LogP contribution in [0.2, 0.25) is 5.02 Å². The van der Waals surface area contributed by atoms with Crippen LogP contribution in [0.4, 0.5) is 5.69 Å². The van der Waals surface area contributed by atoms with Crippen LogP contribution in [-0.4, -0.2) is 18.5 Å². The molecule has 0 saturated heterocycles.